The second kappa shape index (κ2) is 9.63. The highest BCUT2D eigenvalue weighted by molar-refractivity contribution is 14.0. The Morgan fingerprint density at radius 3 is 2.62 bits per heavy atom. The van der Waals surface area contributed by atoms with E-state index in [9.17, 15) is 0 Å². The fourth-order valence-corrected chi connectivity index (χ4v) is 3.19. The fourth-order valence-electron chi connectivity index (χ4n) is 2.50. The van der Waals surface area contributed by atoms with E-state index in [4.69, 9.17) is 5.73 Å². The van der Waals surface area contributed by atoms with Crippen LogP contribution in [0.1, 0.15) is 5.56 Å². The molecule has 0 aliphatic carbocycles. The van der Waals surface area contributed by atoms with Crippen LogP contribution in [-0.2, 0) is 0 Å². The third kappa shape index (κ3) is 5.20. The summed E-state index contributed by atoms with van der Waals surface area (Å²) in [6.07, 6.45) is 5.95. The predicted molar refractivity (Wildman–Crippen MR) is 113 cm³/mol. The number of hydrogen-bond donors (Lipinski definition) is 1. The normalized spacial score (nSPS) is 15.6. The third-order valence-corrected chi connectivity index (χ3v) is 4.59. The van der Waals surface area contributed by atoms with Gasteiger partial charge in [-0.15, -0.1) is 35.3 Å². The molecule has 1 aliphatic heterocycles. The van der Waals surface area contributed by atoms with Gasteiger partial charge in [-0.1, -0.05) is 42.5 Å². The highest BCUT2D eigenvalue weighted by atomic mass is 127. The molecule has 1 aliphatic rings. The van der Waals surface area contributed by atoms with Crippen molar-refractivity contribution in [1.29, 1.82) is 0 Å². The number of anilines is 1. The highest BCUT2D eigenvalue weighted by Crippen LogP contribution is 2.18. The van der Waals surface area contributed by atoms with E-state index in [0.29, 0.717) is 12.5 Å². The van der Waals surface area contributed by atoms with E-state index >= 15 is 0 Å². The minimum atomic E-state index is 0. The van der Waals surface area contributed by atoms with Crippen molar-refractivity contribution in [3.63, 3.8) is 0 Å². The van der Waals surface area contributed by atoms with E-state index in [1.807, 2.05) is 35.9 Å². The number of nitrogens with two attached hydrogens (primary N) is 1. The van der Waals surface area contributed by atoms with Gasteiger partial charge < -0.3 is 15.5 Å². The maximum Gasteiger partial charge on any atom is 0.191 e. The number of thiazole rings is 1. The first-order chi connectivity index (χ1) is 11.3. The van der Waals surface area contributed by atoms with Crippen LogP contribution >= 0.6 is 35.3 Å². The minimum Gasteiger partial charge on any atom is -0.370 e. The van der Waals surface area contributed by atoms with Gasteiger partial charge in [-0.25, -0.2) is 9.98 Å². The topological polar surface area (TPSA) is 57.8 Å². The summed E-state index contributed by atoms with van der Waals surface area (Å²) in [5, 5.41) is 3.10. The van der Waals surface area contributed by atoms with Crippen molar-refractivity contribution in [3.8, 4) is 0 Å². The summed E-state index contributed by atoms with van der Waals surface area (Å²) in [6, 6.07) is 10.2. The van der Waals surface area contributed by atoms with Gasteiger partial charge in [0.15, 0.2) is 11.1 Å². The molecule has 1 fully saturated rings. The molecule has 0 amide bonds. The van der Waals surface area contributed by atoms with Crippen LogP contribution in [0.3, 0.4) is 0 Å². The van der Waals surface area contributed by atoms with E-state index in [-0.39, 0.29) is 24.0 Å². The molecule has 1 saturated heterocycles. The summed E-state index contributed by atoms with van der Waals surface area (Å²) in [6.45, 7) is 4.25. The van der Waals surface area contributed by atoms with E-state index in [1.54, 1.807) is 11.3 Å². The summed E-state index contributed by atoms with van der Waals surface area (Å²) >= 11 is 1.68. The Balaban J connectivity index is 0.00000208. The smallest absolute Gasteiger partial charge is 0.191 e. The Labute approximate surface area is 163 Å². The molecule has 3 rings (SSSR count). The Bertz CT molecular complexity index is 649. The number of aromatic nitrogens is 1. The fraction of sp³-hybridized carbons (Fsp3) is 0.294. The van der Waals surface area contributed by atoms with E-state index < -0.39 is 0 Å². The Morgan fingerprint density at radius 1 is 1.21 bits per heavy atom. The molecule has 1 aromatic carbocycles. The zero-order valence-corrected chi connectivity index (χ0v) is 16.6. The standard InChI is InChI=1S/C17H21N5S.HI/c18-16(19-8-4-7-15-5-2-1-3-6-15)21-10-12-22(13-11-21)17-20-9-14-23-17;/h1-7,9,14H,8,10-13H2,(H2,18,19);1H. The van der Waals surface area contributed by atoms with Crippen molar-refractivity contribution in [1.82, 2.24) is 9.88 Å². The van der Waals surface area contributed by atoms with E-state index in [1.165, 1.54) is 5.56 Å². The molecule has 5 nitrogen and oxygen atoms in total. The summed E-state index contributed by atoms with van der Waals surface area (Å²) in [4.78, 5) is 13.2. The zero-order valence-electron chi connectivity index (χ0n) is 13.4. The van der Waals surface area contributed by atoms with Gasteiger partial charge in [-0.2, -0.15) is 0 Å². The molecule has 0 unspecified atom stereocenters. The Morgan fingerprint density at radius 2 is 1.96 bits per heavy atom. The maximum absolute atomic E-state index is 6.10. The molecule has 0 radical (unpaired) electrons. The number of rotatable bonds is 4. The number of piperazine rings is 1. The lowest BCUT2D eigenvalue weighted by Crippen LogP contribution is -2.51. The SMILES string of the molecule is I.NC(=NCC=Cc1ccccc1)N1CCN(c2nccs2)CC1. The lowest BCUT2D eigenvalue weighted by molar-refractivity contribution is 0.381. The predicted octanol–water partition coefficient (Wildman–Crippen LogP) is 2.91. The molecule has 2 heterocycles. The summed E-state index contributed by atoms with van der Waals surface area (Å²) in [5.41, 5.74) is 7.28. The van der Waals surface area contributed by atoms with Crippen molar-refractivity contribution in [2.24, 2.45) is 10.7 Å². The lowest BCUT2D eigenvalue weighted by Gasteiger charge is -2.35. The Hall–Kier alpha value is -1.61. The summed E-state index contributed by atoms with van der Waals surface area (Å²) < 4.78 is 0. The van der Waals surface area contributed by atoms with Crippen molar-refractivity contribution >= 4 is 52.5 Å². The Kier molecular flexibility index (Phi) is 7.51. The number of nitrogens with zero attached hydrogens (tertiary/aromatic N) is 4. The van der Waals surface area contributed by atoms with Gasteiger partial charge in [0, 0.05) is 37.8 Å². The number of guanidine groups is 1. The van der Waals surface area contributed by atoms with Crippen LogP contribution in [0.25, 0.3) is 6.08 Å². The van der Waals surface area contributed by atoms with Crippen LogP contribution in [-0.4, -0.2) is 48.6 Å². The molecule has 0 spiro atoms. The molecular formula is C17H22IN5S. The van der Waals surface area contributed by atoms with Crippen LogP contribution in [0.2, 0.25) is 0 Å². The van der Waals surface area contributed by atoms with Gasteiger partial charge in [0.2, 0.25) is 0 Å². The molecule has 0 saturated carbocycles. The van der Waals surface area contributed by atoms with Crippen LogP contribution < -0.4 is 10.6 Å². The number of hydrogen-bond acceptors (Lipinski definition) is 4. The first kappa shape index (κ1) is 18.7. The second-order valence-corrected chi connectivity index (χ2v) is 6.17. The summed E-state index contributed by atoms with van der Waals surface area (Å²) in [7, 11) is 0. The summed E-state index contributed by atoms with van der Waals surface area (Å²) in [5.74, 6) is 0.626. The third-order valence-electron chi connectivity index (χ3n) is 3.76. The van der Waals surface area contributed by atoms with Gasteiger partial charge in [0.05, 0.1) is 6.54 Å². The zero-order chi connectivity index (χ0) is 15.9. The maximum atomic E-state index is 6.10. The first-order valence-electron chi connectivity index (χ1n) is 7.74. The minimum absolute atomic E-state index is 0. The molecular weight excluding hydrogens is 433 g/mol. The molecule has 0 bridgehead atoms. The molecule has 24 heavy (non-hydrogen) atoms. The molecule has 2 aromatic rings. The number of benzene rings is 1. The molecule has 1 aromatic heterocycles. The molecule has 128 valence electrons. The van der Waals surface area contributed by atoms with E-state index in [2.05, 4.69) is 38.0 Å². The number of halogens is 1. The van der Waals surface area contributed by atoms with Gasteiger partial charge >= 0.3 is 0 Å². The van der Waals surface area contributed by atoms with Gasteiger partial charge in [-0.05, 0) is 5.56 Å². The average Bonchev–Trinajstić information content (AvgIpc) is 3.14. The number of aliphatic imine (C=N–C) groups is 1. The van der Waals surface area contributed by atoms with Crippen LogP contribution in [0.4, 0.5) is 5.13 Å². The van der Waals surface area contributed by atoms with Gasteiger partial charge in [0.25, 0.3) is 0 Å². The highest BCUT2D eigenvalue weighted by Gasteiger charge is 2.19. The molecule has 7 heteroatoms. The van der Waals surface area contributed by atoms with Crippen molar-refractivity contribution in [2.75, 3.05) is 37.6 Å². The second-order valence-electron chi connectivity index (χ2n) is 5.30. The van der Waals surface area contributed by atoms with Crippen molar-refractivity contribution in [3.05, 3.63) is 53.5 Å². The largest absolute Gasteiger partial charge is 0.370 e. The van der Waals surface area contributed by atoms with E-state index in [0.717, 1.165) is 31.3 Å². The van der Waals surface area contributed by atoms with Crippen LogP contribution in [0.15, 0.2) is 53.0 Å². The van der Waals surface area contributed by atoms with Crippen LogP contribution in [0.5, 0.6) is 0 Å². The van der Waals surface area contributed by atoms with Gasteiger partial charge in [-0.3, -0.25) is 0 Å². The molecule has 2 N–H and O–H groups in total. The quantitative estimate of drug-likeness (QED) is 0.438. The monoisotopic (exact) mass is 455 g/mol. The lowest BCUT2D eigenvalue weighted by atomic mass is 10.2. The average molecular weight is 455 g/mol. The van der Waals surface area contributed by atoms with Crippen LogP contribution in [0, 0.1) is 0 Å². The first-order valence-corrected chi connectivity index (χ1v) is 8.62. The van der Waals surface area contributed by atoms with Crippen molar-refractivity contribution < 1.29 is 0 Å². The van der Waals surface area contributed by atoms with Gasteiger partial charge in [0.1, 0.15) is 0 Å². The molecule has 0 atom stereocenters. The van der Waals surface area contributed by atoms with Crippen molar-refractivity contribution in [2.45, 2.75) is 0 Å².